The molecule has 174 valence electrons. The molecule has 0 saturated heterocycles. The zero-order chi connectivity index (χ0) is 23.9. The highest BCUT2D eigenvalue weighted by molar-refractivity contribution is 9.11. The van der Waals surface area contributed by atoms with Crippen molar-refractivity contribution in [2.24, 2.45) is 5.92 Å². The molecule has 1 aromatic carbocycles. The van der Waals surface area contributed by atoms with Crippen molar-refractivity contribution in [3.05, 3.63) is 26.6 Å². The van der Waals surface area contributed by atoms with Crippen molar-refractivity contribution in [1.82, 2.24) is 10.6 Å². The van der Waals surface area contributed by atoms with Crippen LogP contribution in [0.1, 0.15) is 46.6 Å². The number of phenolic OH excluding ortho intramolecular Hbond substituents is 1. The Morgan fingerprint density at radius 3 is 2.13 bits per heavy atom. The first-order valence-electron chi connectivity index (χ1n) is 9.83. The molecule has 31 heavy (non-hydrogen) atoms. The van der Waals surface area contributed by atoms with Gasteiger partial charge >= 0.3 is 12.1 Å². The van der Waals surface area contributed by atoms with E-state index in [-0.39, 0.29) is 18.1 Å². The highest BCUT2D eigenvalue weighted by Crippen LogP contribution is 2.33. The topological polar surface area (TPSA) is 114 Å². The van der Waals surface area contributed by atoms with Gasteiger partial charge in [-0.05, 0) is 76.2 Å². The smallest absolute Gasteiger partial charge is 0.408 e. The number of hydrogen-bond donors (Lipinski definition) is 3. The molecule has 1 aromatic rings. The fourth-order valence-electron chi connectivity index (χ4n) is 2.71. The van der Waals surface area contributed by atoms with Gasteiger partial charge in [0.1, 0.15) is 23.4 Å². The van der Waals surface area contributed by atoms with Crippen LogP contribution in [-0.2, 0) is 25.5 Å². The van der Waals surface area contributed by atoms with Gasteiger partial charge in [-0.3, -0.25) is 4.79 Å². The number of phenols is 1. The van der Waals surface area contributed by atoms with E-state index in [9.17, 15) is 19.5 Å². The van der Waals surface area contributed by atoms with E-state index in [1.54, 1.807) is 32.9 Å². The number of methoxy groups -OCH3 is 1. The second-order valence-electron chi connectivity index (χ2n) is 8.21. The average Bonchev–Trinajstić information content (AvgIpc) is 2.66. The van der Waals surface area contributed by atoms with Gasteiger partial charge in [0, 0.05) is 6.42 Å². The summed E-state index contributed by atoms with van der Waals surface area (Å²) >= 11 is 6.50. The second-order valence-corrected chi connectivity index (χ2v) is 9.91. The van der Waals surface area contributed by atoms with Crippen LogP contribution in [0.5, 0.6) is 5.75 Å². The van der Waals surface area contributed by atoms with E-state index in [0.29, 0.717) is 20.9 Å². The number of carbonyl (C=O) groups is 3. The van der Waals surface area contributed by atoms with E-state index in [2.05, 4.69) is 42.5 Å². The predicted molar refractivity (Wildman–Crippen MR) is 124 cm³/mol. The number of alkyl carbamates (subject to hydrolysis) is 1. The summed E-state index contributed by atoms with van der Waals surface area (Å²) in [6.45, 7) is 8.90. The summed E-state index contributed by atoms with van der Waals surface area (Å²) < 4.78 is 11.0. The fourth-order valence-corrected chi connectivity index (χ4v) is 3.99. The number of ether oxygens (including phenoxy) is 2. The molecule has 8 nitrogen and oxygen atoms in total. The normalized spacial score (nSPS) is 14.2. The van der Waals surface area contributed by atoms with Crippen molar-refractivity contribution in [3.63, 3.8) is 0 Å². The predicted octanol–water partition coefficient (Wildman–Crippen LogP) is 4.06. The van der Waals surface area contributed by atoms with Gasteiger partial charge in [0.2, 0.25) is 5.91 Å². The van der Waals surface area contributed by atoms with Crippen LogP contribution in [-0.4, -0.2) is 47.9 Å². The third kappa shape index (κ3) is 8.68. The summed E-state index contributed by atoms with van der Waals surface area (Å²) in [4.78, 5) is 37.6. The molecule has 0 aliphatic carbocycles. The van der Waals surface area contributed by atoms with E-state index in [1.807, 2.05) is 13.8 Å². The lowest BCUT2D eigenvalue weighted by Crippen LogP contribution is -2.55. The molecule has 0 spiro atoms. The number of amides is 2. The van der Waals surface area contributed by atoms with E-state index < -0.39 is 35.7 Å². The monoisotopic (exact) mass is 564 g/mol. The zero-order valence-corrected chi connectivity index (χ0v) is 21.7. The molecule has 2 amide bonds. The molecule has 0 saturated carbocycles. The third-order valence-electron chi connectivity index (χ3n) is 4.49. The second kappa shape index (κ2) is 11.7. The Kier molecular flexibility index (Phi) is 10.3. The Morgan fingerprint density at radius 1 is 1.13 bits per heavy atom. The van der Waals surface area contributed by atoms with Crippen LogP contribution in [0.4, 0.5) is 4.79 Å². The number of aromatic hydroxyl groups is 1. The highest BCUT2D eigenvalue weighted by Gasteiger charge is 2.32. The van der Waals surface area contributed by atoms with Gasteiger partial charge in [-0.2, -0.15) is 0 Å². The summed E-state index contributed by atoms with van der Waals surface area (Å²) in [5.41, 5.74) is -0.0400. The summed E-state index contributed by atoms with van der Waals surface area (Å²) in [7, 11) is 1.23. The van der Waals surface area contributed by atoms with Gasteiger partial charge in [0.15, 0.2) is 0 Å². The first kappa shape index (κ1) is 27.2. The molecular weight excluding hydrogens is 536 g/mol. The number of halogens is 2. The van der Waals surface area contributed by atoms with Crippen LogP contribution >= 0.6 is 31.9 Å². The maximum absolute atomic E-state index is 13.0. The minimum absolute atomic E-state index is 0.0285. The number of rotatable bonds is 8. The zero-order valence-electron chi connectivity index (χ0n) is 18.5. The summed E-state index contributed by atoms with van der Waals surface area (Å²) in [5.74, 6) is -1.33. The van der Waals surface area contributed by atoms with Crippen molar-refractivity contribution in [2.75, 3.05) is 7.11 Å². The van der Waals surface area contributed by atoms with Gasteiger partial charge in [-0.1, -0.05) is 20.3 Å². The van der Waals surface area contributed by atoms with Gasteiger partial charge in [-0.25, -0.2) is 9.59 Å². The fraction of sp³-hybridized carbons (Fsp3) is 0.571. The molecule has 0 fully saturated rings. The number of benzene rings is 1. The van der Waals surface area contributed by atoms with Crippen molar-refractivity contribution in [2.45, 2.75) is 65.1 Å². The minimum atomic E-state index is -0.993. The Labute approximate surface area is 199 Å². The Balaban J connectivity index is 3.06. The molecule has 0 heterocycles. The van der Waals surface area contributed by atoms with Crippen LogP contribution in [0.25, 0.3) is 0 Å². The Morgan fingerprint density at radius 2 is 1.68 bits per heavy atom. The summed E-state index contributed by atoms with van der Waals surface area (Å²) in [6, 6.07) is 1.40. The van der Waals surface area contributed by atoms with Crippen LogP contribution < -0.4 is 10.6 Å². The van der Waals surface area contributed by atoms with E-state index in [0.717, 1.165) is 0 Å². The molecule has 0 unspecified atom stereocenters. The molecule has 1 rings (SSSR count). The van der Waals surface area contributed by atoms with Crippen LogP contribution in [0.2, 0.25) is 0 Å². The Hall–Kier alpha value is -1.81. The van der Waals surface area contributed by atoms with Gasteiger partial charge in [0.25, 0.3) is 0 Å². The maximum Gasteiger partial charge on any atom is 0.408 e. The van der Waals surface area contributed by atoms with Crippen molar-refractivity contribution in [1.29, 1.82) is 0 Å². The van der Waals surface area contributed by atoms with Gasteiger partial charge in [0.05, 0.1) is 16.1 Å². The minimum Gasteiger partial charge on any atom is -0.506 e. The molecule has 0 aromatic heterocycles. The lowest BCUT2D eigenvalue weighted by Gasteiger charge is -2.27. The van der Waals surface area contributed by atoms with E-state index in [1.165, 1.54) is 7.11 Å². The average molecular weight is 566 g/mol. The summed E-state index contributed by atoms with van der Waals surface area (Å²) in [6.07, 6.45) is 0.0263. The van der Waals surface area contributed by atoms with Crippen LogP contribution in [0.15, 0.2) is 21.1 Å². The molecule has 3 atom stereocenters. The van der Waals surface area contributed by atoms with Gasteiger partial charge < -0.3 is 25.2 Å². The molecular formula is C21H30Br2N2O6. The third-order valence-corrected chi connectivity index (χ3v) is 5.70. The molecule has 0 radical (unpaired) electrons. The van der Waals surface area contributed by atoms with Crippen LogP contribution in [0, 0.1) is 5.92 Å². The van der Waals surface area contributed by atoms with Crippen molar-refractivity contribution >= 4 is 49.8 Å². The maximum atomic E-state index is 13.0. The molecule has 0 aliphatic rings. The van der Waals surface area contributed by atoms with Crippen molar-refractivity contribution < 1.29 is 29.0 Å². The Bertz CT molecular complexity index is 787. The molecule has 10 heteroatoms. The quantitative estimate of drug-likeness (QED) is 0.410. The van der Waals surface area contributed by atoms with Crippen LogP contribution in [0.3, 0.4) is 0 Å². The number of hydrogen-bond acceptors (Lipinski definition) is 6. The largest absolute Gasteiger partial charge is 0.506 e. The number of esters is 1. The van der Waals surface area contributed by atoms with Gasteiger partial charge in [-0.15, -0.1) is 0 Å². The number of carbonyl (C=O) groups excluding carboxylic acids is 3. The number of nitrogens with one attached hydrogen (secondary N) is 2. The standard InChI is InChI=1S/C21H30Br2N2O6/c1-7-11(2)16(25-20(29)31-21(3,4)5)18(27)24-15(19(28)30-6)10-12-8-13(22)17(26)14(23)9-12/h8-9,11,15-16,26H,7,10H2,1-6H3,(H,24,27)(H,25,29)/t11-,15-,16-/m0/s1. The SMILES string of the molecule is CC[C@H](C)[C@H](NC(=O)OC(C)(C)C)C(=O)N[C@@H](Cc1cc(Br)c(O)c(Br)c1)C(=O)OC. The molecule has 0 aliphatic heterocycles. The van der Waals surface area contributed by atoms with Crippen molar-refractivity contribution in [3.8, 4) is 5.75 Å². The lowest BCUT2D eigenvalue weighted by molar-refractivity contribution is -0.145. The first-order valence-corrected chi connectivity index (χ1v) is 11.4. The first-order chi connectivity index (χ1) is 14.3. The highest BCUT2D eigenvalue weighted by atomic mass is 79.9. The molecule has 3 N–H and O–H groups in total. The lowest BCUT2D eigenvalue weighted by atomic mass is 9.97. The summed E-state index contributed by atoms with van der Waals surface area (Å²) in [5, 5.41) is 15.2. The van der Waals surface area contributed by atoms with E-state index in [4.69, 9.17) is 9.47 Å². The van der Waals surface area contributed by atoms with E-state index >= 15 is 0 Å². The molecule has 0 bridgehead atoms.